The maximum atomic E-state index is 12.9. The van der Waals surface area contributed by atoms with Crippen molar-refractivity contribution in [2.45, 2.75) is 11.4 Å². The summed E-state index contributed by atoms with van der Waals surface area (Å²) in [5, 5.41) is 13.0. The van der Waals surface area contributed by atoms with Crippen LogP contribution in [0, 0.1) is 0 Å². The minimum absolute atomic E-state index is 0.215. The van der Waals surface area contributed by atoms with Gasteiger partial charge in [0.05, 0.1) is 11.5 Å². The molecule has 0 amide bonds. The lowest BCUT2D eigenvalue weighted by molar-refractivity contribution is 0.105. The molecule has 7 heteroatoms. The Morgan fingerprint density at radius 1 is 0.679 bits per heavy atom. The molecule has 0 aliphatic rings. The smallest absolute Gasteiger partial charge is 0.157 e. The second kappa shape index (κ2) is 8.44. The molecule has 0 aromatic heterocycles. The fourth-order valence-electron chi connectivity index (χ4n) is 2.99. The number of hydrogen-bond donors (Lipinski definition) is 1. The standard InChI is InChI=1S/C21H17Cl3O3S/c22-18-7-1-15(2-8-18)13-28(26,27)14-21(25,16-3-9-19(23)10-4-16)17-5-11-20(24)12-6-17/h1-12,25H,13-14H2. The van der Waals surface area contributed by atoms with Crippen LogP contribution >= 0.6 is 34.8 Å². The number of benzene rings is 3. The van der Waals surface area contributed by atoms with Crippen molar-refractivity contribution in [1.82, 2.24) is 0 Å². The molecule has 3 rings (SSSR count). The van der Waals surface area contributed by atoms with Crippen LogP contribution in [0.5, 0.6) is 0 Å². The van der Waals surface area contributed by atoms with E-state index in [0.29, 0.717) is 31.8 Å². The molecule has 3 nitrogen and oxygen atoms in total. The van der Waals surface area contributed by atoms with Gasteiger partial charge in [0.25, 0.3) is 0 Å². The molecule has 0 radical (unpaired) electrons. The van der Waals surface area contributed by atoms with Gasteiger partial charge in [-0.25, -0.2) is 8.42 Å². The highest BCUT2D eigenvalue weighted by Crippen LogP contribution is 2.33. The van der Waals surface area contributed by atoms with Gasteiger partial charge in [-0.15, -0.1) is 0 Å². The Balaban J connectivity index is 2.00. The fraction of sp³-hybridized carbons (Fsp3) is 0.143. The van der Waals surface area contributed by atoms with Crippen molar-refractivity contribution in [2.75, 3.05) is 5.75 Å². The Hall–Kier alpha value is -1.56. The summed E-state index contributed by atoms with van der Waals surface area (Å²) < 4.78 is 25.9. The monoisotopic (exact) mass is 454 g/mol. The van der Waals surface area contributed by atoms with Crippen molar-refractivity contribution >= 4 is 44.6 Å². The molecular weight excluding hydrogens is 439 g/mol. The van der Waals surface area contributed by atoms with E-state index in [0.717, 1.165) is 0 Å². The van der Waals surface area contributed by atoms with Crippen molar-refractivity contribution in [1.29, 1.82) is 0 Å². The molecule has 0 bridgehead atoms. The molecule has 3 aromatic rings. The van der Waals surface area contributed by atoms with E-state index in [-0.39, 0.29) is 5.75 Å². The third-order valence-corrected chi connectivity index (χ3v) is 6.76. The van der Waals surface area contributed by atoms with Gasteiger partial charge in [-0.2, -0.15) is 0 Å². The molecule has 0 spiro atoms. The summed E-state index contributed by atoms with van der Waals surface area (Å²) >= 11 is 17.8. The Morgan fingerprint density at radius 3 is 1.43 bits per heavy atom. The van der Waals surface area contributed by atoms with Crippen molar-refractivity contribution in [3.05, 3.63) is 105 Å². The van der Waals surface area contributed by atoms with Gasteiger partial charge in [0, 0.05) is 15.1 Å². The average molecular weight is 456 g/mol. The highest BCUT2D eigenvalue weighted by Gasteiger charge is 2.37. The lowest BCUT2D eigenvalue weighted by Crippen LogP contribution is -2.36. The van der Waals surface area contributed by atoms with Crippen LogP contribution in [0.2, 0.25) is 15.1 Å². The van der Waals surface area contributed by atoms with Crippen LogP contribution in [-0.4, -0.2) is 19.3 Å². The highest BCUT2D eigenvalue weighted by molar-refractivity contribution is 7.90. The van der Waals surface area contributed by atoms with E-state index >= 15 is 0 Å². The molecule has 146 valence electrons. The largest absolute Gasteiger partial charge is 0.379 e. The van der Waals surface area contributed by atoms with E-state index in [1.54, 1.807) is 72.8 Å². The van der Waals surface area contributed by atoms with Gasteiger partial charge < -0.3 is 5.11 Å². The molecule has 0 atom stereocenters. The van der Waals surface area contributed by atoms with Crippen molar-refractivity contribution in [3.8, 4) is 0 Å². The molecule has 28 heavy (non-hydrogen) atoms. The second-order valence-corrected chi connectivity index (χ2v) is 9.91. The number of hydrogen-bond acceptors (Lipinski definition) is 3. The van der Waals surface area contributed by atoms with E-state index in [9.17, 15) is 13.5 Å². The van der Waals surface area contributed by atoms with Gasteiger partial charge in [0.2, 0.25) is 0 Å². The summed E-state index contributed by atoms with van der Waals surface area (Å²) in [5.41, 5.74) is -0.294. The number of aliphatic hydroxyl groups is 1. The SMILES string of the molecule is O=S(=O)(Cc1ccc(Cl)cc1)CC(O)(c1ccc(Cl)cc1)c1ccc(Cl)cc1. The number of sulfone groups is 1. The first-order valence-corrected chi connectivity index (χ1v) is 11.3. The summed E-state index contributed by atoms with van der Waals surface area (Å²) in [7, 11) is -3.68. The molecule has 0 saturated carbocycles. The maximum absolute atomic E-state index is 12.9. The van der Waals surface area contributed by atoms with Crippen molar-refractivity contribution < 1.29 is 13.5 Å². The summed E-state index contributed by atoms with van der Waals surface area (Å²) in [5.74, 6) is -0.709. The van der Waals surface area contributed by atoms with E-state index in [1.807, 2.05) is 0 Å². The highest BCUT2D eigenvalue weighted by atomic mass is 35.5. The zero-order valence-corrected chi connectivity index (χ0v) is 17.7. The molecule has 0 unspecified atom stereocenters. The van der Waals surface area contributed by atoms with Crippen LogP contribution in [0.25, 0.3) is 0 Å². The van der Waals surface area contributed by atoms with Gasteiger partial charge in [0.15, 0.2) is 9.84 Å². The predicted molar refractivity (Wildman–Crippen MR) is 115 cm³/mol. The Morgan fingerprint density at radius 2 is 1.04 bits per heavy atom. The summed E-state index contributed by atoms with van der Waals surface area (Å²) in [4.78, 5) is 0. The predicted octanol–water partition coefficient (Wildman–Crippen LogP) is 5.50. The minimum Gasteiger partial charge on any atom is -0.379 e. The van der Waals surface area contributed by atoms with Gasteiger partial charge in [-0.3, -0.25) is 0 Å². The summed E-state index contributed by atoms with van der Waals surface area (Å²) in [6.07, 6.45) is 0. The third-order valence-electron chi connectivity index (χ3n) is 4.37. The molecule has 0 heterocycles. The quantitative estimate of drug-likeness (QED) is 0.534. The molecule has 0 fully saturated rings. The van der Waals surface area contributed by atoms with Gasteiger partial charge in [-0.1, -0.05) is 71.2 Å². The Kier molecular flexibility index (Phi) is 6.37. The first-order valence-electron chi connectivity index (χ1n) is 8.37. The van der Waals surface area contributed by atoms with E-state index in [2.05, 4.69) is 0 Å². The molecule has 0 saturated heterocycles. The van der Waals surface area contributed by atoms with E-state index < -0.39 is 21.2 Å². The third kappa shape index (κ3) is 5.07. The minimum atomic E-state index is -3.68. The van der Waals surface area contributed by atoms with Crippen LogP contribution in [0.15, 0.2) is 72.8 Å². The Labute approximate surface area is 179 Å². The first-order chi connectivity index (χ1) is 13.2. The first kappa shape index (κ1) is 21.2. The van der Waals surface area contributed by atoms with Crippen LogP contribution in [0.3, 0.4) is 0 Å². The summed E-state index contributed by atoms with van der Waals surface area (Å²) in [6.45, 7) is 0. The van der Waals surface area contributed by atoms with Gasteiger partial charge in [-0.05, 0) is 53.1 Å². The maximum Gasteiger partial charge on any atom is 0.157 e. The molecule has 1 N–H and O–H groups in total. The van der Waals surface area contributed by atoms with Crippen LogP contribution in [0.1, 0.15) is 16.7 Å². The zero-order chi connectivity index (χ0) is 20.4. The topological polar surface area (TPSA) is 54.4 Å². The lowest BCUT2D eigenvalue weighted by atomic mass is 9.88. The van der Waals surface area contributed by atoms with Crippen LogP contribution in [-0.2, 0) is 21.2 Å². The van der Waals surface area contributed by atoms with Crippen molar-refractivity contribution in [2.24, 2.45) is 0 Å². The fourth-order valence-corrected chi connectivity index (χ4v) is 5.14. The van der Waals surface area contributed by atoms with E-state index in [1.165, 1.54) is 0 Å². The van der Waals surface area contributed by atoms with Crippen LogP contribution < -0.4 is 0 Å². The zero-order valence-electron chi connectivity index (χ0n) is 14.6. The number of rotatable bonds is 6. The summed E-state index contributed by atoms with van der Waals surface area (Å²) in [6, 6.07) is 19.5. The van der Waals surface area contributed by atoms with Gasteiger partial charge in [0.1, 0.15) is 5.60 Å². The number of halogens is 3. The van der Waals surface area contributed by atoms with Crippen LogP contribution in [0.4, 0.5) is 0 Å². The van der Waals surface area contributed by atoms with Crippen molar-refractivity contribution in [3.63, 3.8) is 0 Å². The Bertz CT molecular complexity index is 1000. The lowest BCUT2D eigenvalue weighted by Gasteiger charge is -2.29. The average Bonchev–Trinajstić information content (AvgIpc) is 2.64. The molecular formula is C21H17Cl3O3S. The molecule has 0 aliphatic heterocycles. The normalized spacial score (nSPS) is 12.1. The molecule has 3 aromatic carbocycles. The van der Waals surface area contributed by atoms with E-state index in [4.69, 9.17) is 34.8 Å². The molecule has 0 aliphatic carbocycles. The van der Waals surface area contributed by atoms with Gasteiger partial charge >= 0.3 is 0 Å². The second-order valence-electron chi connectivity index (χ2n) is 6.53.